The van der Waals surface area contributed by atoms with Crippen LogP contribution in [0.2, 0.25) is 0 Å². The third kappa shape index (κ3) is 8.89. The number of hydrogen-bond acceptors (Lipinski definition) is 0. The van der Waals surface area contributed by atoms with Crippen LogP contribution in [0.3, 0.4) is 0 Å². The molecular formula is C43H32Cl2Zr-2. The van der Waals surface area contributed by atoms with E-state index in [1.54, 1.807) is 0 Å². The van der Waals surface area contributed by atoms with Gasteiger partial charge in [0.05, 0.1) is 0 Å². The number of fused-ring (bicyclic) bond motifs is 3. The van der Waals surface area contributed by atoms with Gasteiger partial charge in [0.1, 0.15) is 0 Å². The van der Waals surface area contributed by atoms with Crippen molar-refractivity contribution < 1.29 is 49.0 Å². The van der Waals surface area contributed by atoms with Crippen LogP contribution in [-0.4, -0.2) is 3.21 Å². The van der Waals surface area contributed by atoms with Gasteiger partial charge in [-0.2, -0.15) is 6.08 Å². The summed E-state index contributed by atoms with van der Waals surface area (Å²) in [6.07, 6.45) is 11.0. The Bertz CT molecular complexity index is 1760. The Labute approximate surface area is 300 Å². The molecule has 0 spiro atoms. The quantitative estimate of drug-likeness (QED) is 0.236. The second kappa shape index (κ2) is 17.7. The van der Waals surface area contributed by atoms with Gasteiger partial charge in [0.2, 0.25) is 0 Å². The van der Waals surface area contributed by atoms with Crippen LogP contribution in [0.15, 0.2) is 170 Å². The smallest absolute Gasteiger partial charge is 0.0181 e. The van der Waals surface area contributed by atoms with Crippen LogP contribution < -0.4 is 24.8 Å². The maximum atomic E-state index is 3.65. The Hall–Kier alpha value is -3.87. The maximum absolute atomic E-state index is 3.65. The summed E-state index contributed by atoms with van der Waals surface area (Å²) in [5.74, 6) is 0. The summed E-state index contributed by atoms with van der Waals surface area (Å²) in [5.41, 5.74) is 13.0. The molecule has 0 radical (unpaired) electrons. The predicted octanol–water partition coefficient (Wildman–Crippen LogP) is 4.51. The summed E-state index contributed by atoms with van der Waals surface area (Å²) in [5, 5.41) is 0. The van der Waals surface area contributed by atoms with Gasteiger partial charge < -0.3 is 24.8 Å². The molecule has 0 bridgehead atoms. The first-order valence-electron chi connectivity index (χ1n) is 15.0. The average molecular weight is 711 g/mol. The van der Waals surface area contributed by atoms with Crippen LogP contribution in [0.5, 0.6) is 0 Å². The van der Waals surface area contributed by atoms with Crippen molar-refractivity contribution in [3.05, 3.63) is 204 Å². The van der Waals surface area contributed by atoms with E-state index in [0.29, 0.717) is 0 Å². The van der Waals surface area contributed by atoms with Gasteiger partial charge in [-0.25, -0.2) is 12.2 Å². The number of rotatable bonds is 4. The molecule has 6 aromatic carbocycles. The van der Waals surface area contributed by atoms with E-state index in [1.807, 2.05) is 12.2 Å². The summed E-state index contributed by atoms with van der Waals surface area (Å²) in [7, 11) is 0. The Morgan fingerprint density at radius 3 is 1.61 bits per heavy atom. The fraction of sp³-hybridized carbons (Fsp3) is 0.0465. The monoisotopic (exact) mass is 708 g/mol. The molecule has 0 amide bonds. The van der Waals surface area contributed by atoms with Crippen LogP contribution in [0.1, 0.15) is 28.7 Å². The fourth-order valence-corrected chi connectivity index (χ4v) is 6.26. The zero-order valence-electron chi connectivity index (χ0n) is 25.3. The fourth-order valence-electron chi connectivity index (χ4n) is 5.44. The van der Waals surface area contributed by atoms with Crippen molar-refractivity contribution in [2.24, 2.45) is 0 Å². The van der Waals surface area contributed by atoms with E-state index in [2.05, 4.69) is 170 Å². The summed E-state index contributed by atoms with van der Waals surface area (Å²) in [6.45, 7) is 0. The third-order valence-corrected chi connectivity index (χ3v) is 9.11. The number of hydrogen-bond donors (Lipinski definition) is 0. The van der Waals surface area contributed by atoms with Gasteiger partial charge >= 0.3 is 99.2 Å². The molecule has 224 valence electrons. The minimum Gasteiger partial charge on any atom is -0.143 e. The first-order chi connectivity index (χ1) is 21.8. The molecule has 0 N–H and O–H groups in total. The normalized spacial score (nSPS) is 11.3. The summed E-state index contributed by atoms with van der Waals surface area (Å²) in [4.78, 5) is 0. The third-order valence-electron chi connectivity index (χ3n) is 7.69. The van der Waals surface area contributed by atoms with Gasteiger partial charge in [0, 0.05) is 0 Å². The SMILES string of the molecule is [C-]1=CC=CC1.[Cl-].[Cl-].[Zr+2]=[C](c1ccccc1)c1ccccc1.[c-]1c(-c2ccccc2)ccc2c1Cc1cc(-c3ccccc3)ccc1-2. The van der Waals surface area contributed by atoms with Gasteiger partial charge in [0.15, 0.2) is 0 Å². The largest absolute Gasteiger partial charge is 0.143 e. The molecule has 0 aromatic heterocycles. The summed E-state index contributed by atoms with van der Waals surface area (Å²) < 4.78 is 1.42. The van der Waals surface area contributed by atoms with Gasteiger partial charge in [-0.3, -0.25) is 6.08 Å². The van der Waals surface area contributed by atoms with E-state index in [4.69, 9.17) is 0 Å². The standard InChI is InChI=1S/C25H17.C13H10.C5H5.2ClH.Zr/c1-3-7-18(8-4-1)20-11-13-24-22(15-20)17-23-16-21(12-14-25(23)24)19-9-5-2-6-10-19;1-3-7-12(8-4-1)11-13-9-5-2-6-10-13;1-2-4-5-3-1;;;/h1-15H,17H2;1-10H;1-3H,4H2;2*1H;/q-1;;-1;;;+2/p-2. The molecule has 0 atom stereocenters. The predicted molar refractivity (Wildman–Crippen MR) is 182 cm³/mol. The summed E-state index contributed by atoms with van der Waals surface area (Å²) in [6, 6.07) is 57.1. The van der Waals surface area contributed by atoms with E-state index in [-0.39, 0.29) is 24.8 Å². The number of halogens is 2. The van der Waals surface area contributed by atoms with Crippen LogP contribution in [0, 0.1) is 12.1 Å². The van der Waals surface area contributed by atoms with Crippen molar-refractivity contribution >= 4 is 3.21 Å². The molecule has 0 fully saturated rings. The molecule has 6 aromatic rings. The zero-order valence-corrected chi connectivity index (χ0v) is 29.3. The molecule has 2 aliphatic carbocycles. The molecule has 0 nitrogen and oxygen atoms in total. The Balaban J connectivity index is 0.000000193. The maximum Gasteiger partial charge on any atom is -0.0181 e. The molecule has 0 saturated carbocycles. The molecule has 8 rings (SSSR count). The molecule has 3 heteroatoms. The molecule has 0 saturated heterocycles. The van der Waals surface area contributed by atoms with Gasteiger partial charge in [-0.15, -0.1) is 35.7 Å². The van der Waals surface area contributed by atoms with Gasteiger partial charge in [0.25, 0.3) is 0 Å². The van der Waals surface area contributed by atoms with Crippen LogP contribution in [-0.2, 0) is 30.7 Å². The minimum atomic E-state index is 0. The average Bonchev–Trinajstić information content (AvgIpc) is 3.81. The van der Waals surface area contributed by atoms with E-state index >= 15 is 0 Å². The molecular weight excluding hydrogens is 679 g/mol. The second-order valence-corrected chi connectivity index (χ2v) is 11.9. The Morgan fingerprint density at radius 2 is 1.09 bits per heavy atom. The number of allylic oxidation sites excluding steroid dienone is 4. The van der Waals surface area contributed by atoms with E-state index < -0.39 is 0 Å². The molecule has 2 aliphatic rings. The van der Waals surface area contributed by atoms with E-state index in [9.17, 15) is 0 Å². The molecule has 0 unspecified atom stereocenters. The first-order valence-corrected chi connectivity index (χ1v) is 16.2. The van der Waals surface area contributed by atoms with Crippen LogP contribution in [0.4, 0.5) is 0 Å². The molecule has 0 heterocycles. The van der Waals surface area contributed by atoms with Crippen molar-refractivity contribution in [3.63, 3.8) is 0 Å². The molecule has 46 heavy (non-hydrogen) atoms. The van der Waals surface area contributed by atoms with Crippen molar-refractivity contribution in [2.75, 3.05) is 0 Å². The molecule has 0 aliphatic heterocycles. The van der Waals surface area contributed by atoms with Crippen molar-refractivity contribution in [3.8, 4) is 33.4 Å². The summed E-state index contributed by atoms with van der Waals surface area (Å²) >= 11 is 1.46. The van der Waals surface area contributed by atoms with Crippen LogP contribution >= 0.6 is 0 Å². The number of benzene rings is 6. The van der Waals surface area contributed by atoms with Crippen molar-refractivity contribution in [1.29, 1.82) is 0 Å². The van der Waals surface area contributed by atoms with E-state index in [0.717, 1.165) is 12.8 Å². The minimum absolute atomic E-state index is 0. The zero-order chi connectivity index (χ0) is 30.0. The van der Waals surface area contributed by atoms with E-state index in [1.165, 1.54) is 83.1 Å². The van der Waals surface area contributed by atoms with Crippen molar-refractivity contribution in [2.45, 2.75) is 12.8 Å². The second-order valence-electron chi connectivity index (χ2n) is 10.7. The Kier molecular flexibility index (Phi) is 13.5. The van der Waals surface area contributed by atoms with Crippen LogP contribution in [0.25, 0.3) is 33.4 Å². The topological polar surface area (TPSA) is 0 Å². The Morgan fingerprint density at radius 1 is 0.543 bits per heavy atom. The van der Waals surface area contributed by atoms with Gasteiger partial charge in [-0.05, 0) is 23.1 Å². The van der Waals surface area contributed by atoms with Gasteiger partial charge in [-0.1, -0.05) is 95.6 Å². The van der Waals surface area contributed by atoms with Crippen molar-refractivity contribution in [1.82, 2.24) is 0 Å². The first kappa shape index (κ1) is 35.0.